The first-order valence-corrected chi connectivity index (χ1v) is 16.0. The molecule has 2 aliphatic rings. The van der Waals surface area contributed by atoms with Gasteiger partial charge in [0.1, 0.15) is 17.0 Å². The van der Waals surface area contributed by atoms with E-state index in [0.29, 0.717) is 11.8 Å². The Morgan fingerprint density at radius 2 is 1.21 bits per heavy atom. The van der Waals surface area contributed by atoms with Crippen molar-refractivity contribution in [3.05, 3.63) is 108 Å². The van der Waals surface area contributed by atoms with Gasteiger partial charge in [-0.05, 0) is 96.2 Å². The van der Waals surface area contributed by atoms with Crippen molar-refractivity contribution in [3.63, 3.8) is 0 Å². The molecule has 0 saturated heterocycles. The van der Waals surface area contributed by atoms with Gasteiger partial charge >= 0.3 is 0 Å². The Morgan fingerprint density at radius 1 is 0.571 bits per heavy atom. The van der Waals surface area contributed by atoms with E-state index in [1.54, 1.807) is 0 Å². The maximum atomic E-state index is 6.16. The lowest BCUT2D eigenvalue weighted by Gasteiger charge is -2.31. The minimum atomic E-state index is 0.579. The summed E-state index contributed by atoms with van der Waals surface area (Å²) in [7, 11) is 0. The SMILES string of the molecule is c1ccc(-c2cc(C3CCCCC3)c(-n3ccnc3-c3ccc4oc5ccccc5c4c3)c(C3CCCCC3)c2)cc1. The first-order chi connectivity index (χ1) is 20.8. The van der Waals surface area contributed by atoms with Gasteiger partial charge in [-0.2, -0.15) is 0 Å². The van der Waals surface area contributed by atoms with E-state index in [1.807, 2.05) is 12.3 Å². The van der Waals surface area contributed by atoms with Gasteiger partial charge in [-0.3, -0.25) is 4.57 Å². The van der Waals surface area contributed by atoms with Gasteiger partial charge in [0.25, 0.3) is 0 Å². The summed E-state index contributed by atoms with van der Waals surface area (Å²) in [6.45, 7) is 0. The minimum Gasteiger partial charge on any atom is -0.456 e. The zero-order valence-corrected chi connectivity index (χ0v) is 24.3. The van der Waals surface area contributed by atoms with Crippen molar-refractivity contribution in [2.45, 2.75) is 76.0 Å². The fraction of sp³-hybridized carbons (Fsp3) is 0.308. The monoisotopic (exact) mass is 550 g/mol. The van der Waals surface area contributed by atoms with Crippen molar-refractivity contribution >= 4 is 21.9 Å². The van der Waals surface area contributed by atoms with Crippen LogP contribution in [0.5, 0.6) is 0 Å². The lowest BCUT2D eigenvalue weighted by molar-refractivity contribution is 0.434. The molecule has 2 heterocycles. The first-order valence-electron chi connectivity index (χ1n) is 16.0. The van der Waals surface area contributed by atoms with Crippen LogP contribution < -0.4 is 0 Å². The van der Waals surface area contributed by atoms with Gasteiger partial charge in [0.15, 0.2) is 0 Å². The van der Waals surface area contributed by atoms with E-state index in [4.69, 9.17) is 9.40 Å². The fourth-order valence-corrected chi connectivity index (χ4v) is 7.77. The standard InChI is InChI=1S/C39H38N2O/c1-4-12-27(13-5-1)31-25-33(28-14-6-2-7-15-28)38(34(26-31)29-16-8-3-9-17-29)41-23-22-40-39(41)30-20-21-37-35(24-30)32-18-10-11-19-36(32)42-37/h1,4-5,10-13,18-26,28-29H,2-3,6-9,14-17H2. The number of nitrogens with zero attached hydrogens (tertiary/aromatic N) is 2. The summed E-state index contributed by atoms with van der Waals surface area (Å²) >= 11 is 0. The van der Waals surface area contributed by atoms with Gasteiger partial charge in [0.05, 0.1) is 5.69 Å². The molecule has 0 bridgehead atoms. The lowest BCUT2D eigenvalue weighted by atomic mass is 9.77. The summed E-state index contributed by atoms with van der Waals surface area (Å²) in [6.07, 6.45) is 17.3. The zero-order chi connectivity index (χ0) is 27.9. The van der Waals surface area contributed by atoms with Crippen molar-refractivity contribution in [3.8, 4) is 28.2 Å². The smallest absolute Gasteiger partial charge is 0.144 e. The molecule has 2 aromatic heterocycles. The molecule has 210 valence electrons. The number of furan rings is 1. The van der Waals surface area contributed by atoms with Crippen molar-refractivity contribution in [2.75, 3.05) is 0 Å². The predicted molar refractivity (Wildman–Crippen MR) is 173 cm³/mol. The number of benzene rings is 4. The Kier molecular flexibility index (Phi) is 6.67. The average Bonchev–Trinajstić information content (AvgIpc) is 3.70. The highest BCUT2D eigenvalue weighted by Crippen LogP contribution is 2.45. The van der Waals surface area contributed by atoms with E-state index in [-0.39, 0.29) is 0 Å². The second kappa shape index (κ2) is 10.9. The van der Waals surface area contributed by atoms with Crippen LogP contribution in [-0.2, 0) is 0 Å². The first kappa shape index (κ1) is 25.6. The summed E-state index contributed by atoms with van der Waals surface area (Å²) in [5.74, 6) is 2.18. The van der Waals surface area contributed by atoms with E-state index >= 15 is 0 Å². The van der Waals surface area contributed by atoms with Gasteiger partial charge in [0.2, 0.25) is 0 Å². The van der Waals surface area contributed by atoms with Crippen LogP contribution in [0.25, 0.3) is 50.1 Å². The average molecular weight is 551 g/mol. The lowest BCUT2D eigenvalue weighted by Crippen LogP contribution is -2.15. The van der Waals surface area contributed by atoms with E-state index in [9.17, 15) is 0 Å². The van der Waals surface area contributed by atoms with Gasteiger partial charge in [0, 0.05) is 28.7 Å². The van der Waals surface area contributed by atoms with Crippen LogP contribution in [0, 0.1) is 0 Å². The van der Waals surface area contributed by atoms with Gasteiger partial charge in [-0.15, -0.1) is 0 Å². The second-order valence-corrected chi connectivity index (χ2v) is 12.5. The molecule has 3 heteroatoms. The zero-order valence-electron chi connectivity index (χ0n) is 24.3. The number of hydrogen-bond donors (Lipinski definition) is 0. The maximum Gasteiger partial charge on any atom is 0.144 e. The molecule has 3 nitrogen and oxygen atoms in total. The molecule has 4 aromatic carbocycles. The van der Waals surface area contributed by atoms with E-state index < -0.39 is 0 Å². The highest BCUT2D eigenvalue weighted by atomic mass is 16.3. The highest BCUT2D eigenvalue weighted by molar-refractivity contribution is 6.06. The molecule has 2 fully saturated rings. The molecule has 6 aromatic rings. The number of rotatable bonds is 5. The molecule has 0 atom stereocenters. The predicted octanol–water partition coefficient (Wildman–Crippen LogP) is 11.2. The number of para-hydroxylation sites is 1. The van der Waals surface area contributed by atoms with E-state index in [1.165, 1.54) is 92.1 Å². The largest absolute Gasteiger partial charge is 0.456 e. The molecule has 8 rings (SSSR count). The minimum absolute atomic E-state index is 0.579. The number of hydrogen-bond acceptors (Lipinski definition) is 2. The molecular formula is C39H38N2O. The Balaban J connectivity index is 1.35. The summed E-state index contributed by atoms with van der Waals surface area (Å²) in [6, 6.07) is 31.0. The summed E-state index contributed by atoms with van der Waals surface area (Å²) in [5.41, 5.74) is 10.1. The van der Waals surface area contributed by atoms with E-state index in [2.05, 4.69) is 89.6 Å². The molecule has 42 heavy (non-hydrogen) atoms. The number of imidazole rings is 1. The van der Waals surface area contributed by atoms with Crippen LogP contribution in [0.4, 0.5) is 0 Å². The number of aromatic nitrogens is 2. The Morgan fingerprint density at radius 3 is 1.93 bits per heavy atom. The van der Waals surface area contributed by atoms with Crippen LogP contribution in [-0.4, -0.2) is 9.55 Å². The molecule has 0 N–H and O–H groups in total. The van der Waals surface area contributed by atoms with E-state index in [0.717, 1.165) is 33.3 Å². The molecule has 0 amide bonds. The van der Waals surface area contributed by atoms with Gasteiger partial charge in [-0.1, -0.05) is 87.1 Å². The third-order valence-corrected chi connectivity index (χ3v) is 9.88. The molecule has 0 aliphatic heterocycles. The summed E-state index contributed by atoms with van der Waals surface area (Å²) in [5, 5.41) is 2.31. The molecule has 2 aliphatic carbocycles. The molecule has 0 spiro atoms. The molecule has 0 unspecified atom stereocenters. The van der Waals surface area contributed by atoms with Crippen LogP contribution in [0.15, 0.2) is 102 Å². The summed E-state index contributed by atoms with van der Waals surface area (Å²) in [4.78, 5) is 5.02. The quantitative estimate of drug-likeness (QED) is 0.214. The van der Waals surface area contributed by atoms with Crippen molar-refractivity contribution in [2.24, 2.45) is 0 Å². The van der Waals surface area contributed by atoms with Gasteiger partial charge < -0.3 is 4.42 Å². The Hall–Kier alpha value is -4.11. The van der Waals surface area contributed by atoms with Crippen molar-refractivity contribution in [1.82, 2.24) is 9.55 Å². The highest BCUT2D eigenvalue weighted by Gasteiger charge is 2.28. The number of fused-ring (bicyclic) bond motifs is 3. The van der Waals surface area contributed by atoms with Crippen molar-refractivity contribution in [1.29, 1.82) is 0 Å². The molecule has 2 saturated carbocycles. The van der Waals surface area contributed by atoms with Crippen LogP contribution in [0.2, 0.25) is 0 Å². The fourth-order valence-electron chi connectivity index (χ4n) is 7.77. The maximum absolute atomic E-state index is 6.16. The molecule has 0 radical (unpaired) electrons. The Labute approximate surface area is 248 Å². The van der Waals surface area contributed by atoms with Crippen LogP contribution >= 0.6 is 0 Å². The Bertz CT molecular complexity index is 1810. The van der Waals surface area contributed by atoms with Gasteiger partial charge in [-0.25, -0.2) is 4.98 Å². The normalized spacial score (nSPS) is 16.9. The van der Waals surface area contributed by atoms with Crippen molar-refractivity contribution < 1.29 is 4.42 Å². The topological polar surface area (TPSA) is 31.0 Å². The second-order valence-electron chi connectivity index (χ2n) is 12.5. The van der Waals surface area contributed by atoms with Crippen LogP contribution in [0.3, 0.4) is 0 Å². The van der Waals surface area contributed by atoms with Crippen LogP contribution in [0.1, 0.15) is 87.2 Å². The third-order valence-electron chi connectivity index (χ3n) is 9.88. The molecular weight excluding hydrogens is 512 g/mol. The summed E-state index contributed by atoms with van der Waals surface area (Å²) < 4.78 is 8.60. The third kappa shape index (κ3) is 4.56.